The number of aromatic nitrogens is 1. The molecule has 0 aliphatic carbocycles. The smallest absolute Gasteiger partial charge is 0.308 e. The number of nitrogens with zero attached hydrogens (tertiary/aromatic N) is 2. The lowest BCUT2D eigenvalue weighted by molar-refractivity contribution is -0.122. The molecule has 0 saturated carbocycles. The summed E-state index contributed by atoms with van der Waals surface area (Å²) in [6, 6.07) is 25.4. The molecule has 0 bridgehead atoms. The molecule has 3 amide bonds. The fourth-order valence-electron chi connectivity index (χ4n) is 5.80. The Morgan fingerprint density at radius 3 is 2.37 bits per heavy atom. The number of thiazole rings is 1. The van der Waals surface area contributed by atoms with Crippen LogP contribution in [0.2, 0.25) is 5.02 Å². The number of hydrogen-bond acceptors (Lipinski definition) is 6. The van der Waals surface area contributed by atoms with Gasteiger partial charge in [0.05, 0.1) is 16.6 Å². The van der Waals surface area contributed by atoms with Crippen LogP contribution in [0.1, 0.15) is 16.4 Å². The van der Waals surface area contributed by atoms with Crippen LogP contribution in [0, 0.1) is 11.7 Å². The van der Waals surface area contributed by atoms with Gasteiger partial charge in [-0.3, -0.25) is 23.7 Å². The number of imide groups is 1. The molecule has 1 N–H and O–H groups in total. The van der Waals surface area contributed by atoms with E-state index in [1.807, 2.05) is 36.4 Å². The Kier molecular flexibility index (Phi) is 6.92. The van der Waals surface area contributed by atoms with E-state index < -0.39 is 40.6 Å². The predicted molar refractivity (Wildman–Crippen MR) is 166 cm³/mol. The minimum absolute atomic E-state index is 0.268. The number of amides is 3. The molecular weight excluding hydrogens is 609 g/mol. The van der Waals surface area contributed by atoms with E-state index >= 15 is 0 Å². The largest absolute Gasteiger partial charge is 0.324 e. The molecule has 11 heteroatoms. The lowest BCUT2D eigenvalue weighted by atomic mass is 9.83. The molecule has 7 nitrogen and oxygen atoms in total. The average Bonchev–Trinajstić information content (AvgIpc) is 3.44. The van der Waals surface area contributed by atoms with Crippen molar-refractivity contribution >= 4 is 74.6 Å². The highest BCUT2D eigenvalue weighted by Crippen LogP contribution is 2.54. The number of thioether (sulfide) groups is 1. The molecule has 43 heavy (non-hydrogen) atoms. The third-order valence-electron chi connectivity index (χ3n) is 7.73. The molecule has 2 aliphatic heterocycles. The first-order valence-electron chi connectivity index (χ1n) is 13.4. The molecule has 2 aliphatic rings. The van der Waals surface area contributed by atoms with Crippen LogP contribution in [-0.4, -0.2) is 27.5 Å². The third kappa shape index (κ3) is 4.75. The summed E-state index contributed by atoms with van der Waals surface area (Å²) in [5, 5.41) is 4.89. The maximum Gasteiger partial charge on any atom is 0.308 e. The van der Waals surface area contributed by atoms with Gasteiger partial charge in [0.2, 0.25) is 17.7 Å². The standard InChI is InChI=1S/C32H21ClFN3O4S2/c33-19-10-8-18(9-11-19)25-26-27(30(40)37(29(26)39)21-14-12-20(34)13-15-21)42-31-28(25)43-32(41)36(31)16-24(38)35-23-7-3-5-17-4-1-2-6-22(17)23/h1-15,25-27H,16H2,(H,35,38)/t25-,26?,27?/m1/s1. The minimum atomic E-state index is -0.855. The molecule has 3 heterocycles. The van der Waals surface area contributed by atoms with Crippen molar-refractivity contribution in [1.82, 2.24) is 4.57 Å². The number of halogens is 2. The Balaban J connectivity index is 1.28. The second kappa shape index (κ2) is 10.8. The lowest BCUT2D eigenvalue weighted by Gasteiger charge is -2.30. The third-order valence-corrected chi connectivity index (χ3v) is 10.6. The van der Waals surface area contributed by atoms with Gasteiger partial charge in [-0.05, 0) is 53.4 Å². The molecule has 214 valence electrons. The van der Waals surface area contributed by atoms with E-state index in [0.717, 1.165) is 44.3 Å². The summed E-state index contributed by atoms with van der Waals surface area (Å²) in [5.74, 6) is -3.21. The summed E-state index contributed by atoms with van der Waals surface area (Å²) in [7, 11) is 0. The normalized spacial score (nSPS) is 19.4. The van der Waals surface area contributed by atoms with Crippen molar-refractivity contribution < 1.29 is 18.8 Å². The summed E-state index contributed by atoms with van der Waals surface area (Å²) in [6.45, 7) is -0.268. The Labute approximate surface area is 257 Å². The molecular formula is C32H21ClFN3O4S2. The lowest BCUT2D eigenvalue weighted by Crippen LogP contribution is -2.33. The SMILES string of the molecule is O=C(Cn1c2c(sc1=O)[C@H](c1ccc(Cl)cc1)C1C(=O)N(c3ccc(F)cc3)C(=O)C1S2)Nc1cccc2ccccc12. The van der Waals surface area contributed by atoms with Crippen molar-refractivity contribution in [1.29, 1.82) is 0 Å². The zero-order valence-electron chi connectivity index (χ0n) is 22.2. The Hall–Kier alpha value is -4.25. The highest BCUT2D eigenvalue weighted by molar-refractivity contribution is 8.00. The van der Waals surface area contributed by atoms with Gasteiger partial charge in [-0.1, -0.05) is 83.2 Å². The monoisotopic (exact) mass is 629 g/mol. The van der Waals surface area contributed by atoms with Gasteiger partial charge in [-0.25, -0.2) is 9.29 Å². The van der Waals surface area contributed by atoms with Crippen LogP contribution in [0.4, 0.5) is 15.8 Å². The predicted octanol–water partition coefficient (Wildman–Crippen LogP) is 6.29. The quantitative estimate of drug-likeness (QED) is 0.231. The molecule has 0 spiro atoms. The molecule has 1 fully saturated rings. The maximum absolute atomic E-state index is 13.9. The minimum Gasteiger partial charge on any atom is -0.324 e. The first-order valence-corrected chi connectivity index (χ1v) is 15.4. The van der Waals surface area contributed by atoms with Crippen LogP contribution >= 0.6 is 34.7 Å². The fraction of sp³-hybridized carbons (Fsp3) is 0.125. The highest BCUT2D eigenvalue weighted by Gasteiger charge is 2.56. The van der Waals surface area contributed by atoms with E-state index in [1.54, 1.807) is 30.3 Å². The first-order chi connectivity index (χ1) is 20.8. The molecule has 1 saturated heterocycles. The number of carbonyl (C=O) groups excluding carboxylic acids is 3. The molecule has 2 unspecified atom stereocenters. The van der Waals surface area contributed by atoms with Crippen LogP contribution in [0.3, 0.4) is 0 Å². The zero-order valence-corrected chi connectivity index (χ0v) is 24.6. The number of benzene rings is 4. The van der Waals surface area contributed by atoms with Crippen LogP contribution in [0.5, 0.6) is 0 Å². The van der Waals surface area contributed by atoms with Gasteiger partial charge in [0.1, 0.15) is 17.6 Å². The van der Waals surface area contributed by atoms with Gasteiger partial charge in [0.15, 0.2) is 0 Å². The van der Waals surface area contributed by atoms with Gasteiger partial charge in [-0.2, -0.15) is 0 Å². The number of fused-ring (bicyclic) bond motifs is 3. The van der Waals surface area contributed by atoms with Crippen molar-refractivity contribution in [3.8, 4) is 0 Å². The number of carbonyl (C=O) groups is 3. The molecule has 3 atom stereocenters. The van der Waals surface area contributed by atoms with E-state index in [0.29, 0.717) is 20.6 Å². The van der Waals surface area contributed by atoms with E-state index in [4.69, 9.17) is 11.6 Å². The highest BCUT2D eigenvalue weighted by atomic mass is 35.5. The number of anilines is 2. The van der Waals surface area contributed by atoms with Crippen LogP contribution in [0.25, 0.3) is 10.8 Å². The molecule has 5 aromatic rings. The first kappa shape index (κ1) is 27.6. The summed E-state index contributed by atoms with van der Waals surface area (Å²) in [5.41, 5.74) is 1.62. The van der Waals surface area contributed by atoms with Crippen molar-refractivity contribution in [3.05, 3.63) is 122 Å². The Morgan fingerprint density at radius 2 is 1.60 bits per heavy atom. The summed E-state index contributed by atoms with van der Waals surface area (Å²) < 4.78 is 15.0. The summed E-state index contributed by atoms with van der Waals surface area (Å²) in [6.07, 6.45) is 0. The van der Waals surface area contributed by atoms with Gasteiger partial charge < -0.3 is 5.32 Å². The van der Waals surface area contributed by atoms with E-state index in [2.05, 4.69) is 5.32 Å². The van der Waals surface area contributed by atoms with Gasteiger partial charge >= 0.3 is 4.87 Å². The van der Waals surface area contributed by atoms with Crippen LogP contribution in [0.15, 0.2) is 101 Å². The van der Waals surface area contributed by atoms with Crippen molar-refractivity contribution in [3.63, 3.8) is 0 Å². The zero-order chi connectivity index (χ0) is 29.8. The molecule has 7 rings (SSSR count). The number of nitrogens with one attached hydrogen (secondary N) is 1. The number of hydrogen-bond donors (Lipinski definition) is 1. The maximum atomic E-state index is 13.9. The van der Waals surface area contributed by atoms with Gasteiger partial charge in [0, 0.05) is 26.9 Å². The number of rotatable bonds is 5. The van der Waals surface area contributed by atoms with Crippen LogP contribution in [-0.2, 0) is 20.9 Å². The van der Waals surface area contributed by atoms with E-state index in [-0.39, 0.29) is 17.1 Å². The Bertz CT molecular complexity index is 1990. The second-order valence-corrected chi connectivity index (χ2v) is 12.8. The van der Waals surface area contributed by atoms with Crippen molar-refractivity contribution in [2.75, 3.05) is 10.2 Å². The molecule has 1 aromatic heterocycles. The van der Waals surface area contributed by atoms with Gasteiger partial charge in [0.25, 0.3) is 0 Å². The topological polar surface area (TPSA) is 88.5 Å². The van der Waals surface area contributed by atoms with E-state index in [9.17, 15) is 23.6 Å². The van der Waals surface area contributed by atoms with Gasteiger partial charge in [-0.15, -0.1) is 0 Å². The molecule has 0 radical (unpaired) electrons. The average molecular weight is 630 g/mol. The summed E-state index contributed by atoms with van der Waals surface area (Å²) >= 11 is 8.25. The second-order valence-electron chi connectivity index (χ2n) is 10.3. The Morgan fingerprint density at radius 1 is 0.884 bits per heavy atom. The van der Waals surface area contributed by atoms with E-state index in [1.165, 1.54) is 28.8 Å². The molecule has 4 aromatic carbocycles. The summed E-state index contributed by atoms with van der Waals surface area (Å²) in [4.78, 5) is 55.7. The van der Waals surface area contributed by atoms with Crippen LogP contribution < -0.4 is 15.1 Å². The fourth-order valence-corrected chi connectivity index (χ4v) is 8.70. The van der Waals surface area contributed by atoms with Crippen molar-refractivity contribution in [2.24, 2.45) is 5.92 Å². The van der Waals surface area contributed by atoms with Crippen molar-refractivity contribution in [2.45, 2.75) is 22.7 Å².